The normalized spacial score (nSPS) is 11.9. The van der Waals surface area contributed by atoms with Gasteiger partial charge in [-0.05, 0) is 43.0 Å². The van der Waals surface area contributed by atoms with E-state index in [1.54, 1.807) is 49.4 Å². The molecule has 1 aromatic heterocycles. The second kappa shape index (κ2) is 6.63. The molecule has 0 aliphatic heterocycles. The number of pyridine rings is 1. The average molecular weight is 309 g/mol. The van der Waals surface area contributed by atoms with Crippen molar-refractivity contribution in [2.75, 3.05) is 5.32 Å². The number of anilines is 1. The standard InChI is InChI=1S/C14H13ClN2O2S/c1-10(20-13-7-2-3-8-17(13)19)14(18)16-12-6-4-5-11(15)9-12/h2-10H,1H3,(H,16,18)/t10-/m1/s1. The summed E-state index contributed by atoms with van der Waals surface area (Å²) in [6.45, 7) is 1.75. The molecule has 0 fully saturated rings. The highest BCUT2D eigenvalue weighted by atomic mass is 35.5. The molecule has 0 saturated heterocycles. The van der Waals surface area contributed by atoms with E-state index in [0.717, 1.165) is 4.73 Å². The van der Waals surface area contributed by atoms with Gasteiger partial charge < -0.3 is 10.5 Å². The number of hydrogen-bond acceptors (Lipinski definition) is 3. The first-order chi connectivity index (χ1) is 9.56. The van der Waals surface area contributed by atoms with E-state index in [9.17, 15) is 10.0 Å². The summed E-state index contributed by atoms with van der Waals surface area (Å²) in [5.41, 5.74) is 0.637. The smallest absolute Gasteiger partial charge is 0.252 e. The monoisotopic (exact) mass is 308 g/mol. The maximum Gasteiger partial charge on any atom is 0.252 e. The van der Waals surface area contributed by atoms with Crippen molar-refractivity contribution >= 4 is 35.0 Å². The maximum absolute atomic E-state index is 12.1. The minimum atomic E-state index is -0.392. The molecule has 104 valence electrons. The average Bonchev–Trinajstić information content (AvgIpc) is 2.41. The summed E-state index contributed by atoms with van der Waals surface area (Å²) in [7, 11) is 0. The molecular formula is C14H13ClN2O2S. The summed E-state index contributed by atoms with van der Waals surface area (Å²) in [5, 5.41) is 14.9. The van der Waals surface area contributed by atoms with E-state index in [1.807, 2.05) is 0 Å². The number of carbonyl (C=O) groups is 1. The topological polar surface area (TPSA) is 56.0 Å². The Kier molecular flexibility index (Phi) is 4.87. The number of nitrogens with one attached hydrogen (secondary N) is 1. The molecule has 2 rings (SSSR count). The number of rotatable bonds is 4. The summed E-state index contributed by atoms with van der Waals surface area (Å²) in [6, 6.07) is 12.0. The zero-order valence-electron chi connectivity index (χ0n) is 10.7. The molecule has 0 aliphatic carbocycles. The lowest BCUT2D eigenvalue weighted by Crippen LogP contribution is -2.30. The van der Waals surface area contributed by atoms with Crippen LogP contribution in [-0.4, -0.2) is 11.2 Å². The highest BCUT2D eigenvalue weighted by Crippen LogP contribution is 2.21. The lowest BCUT2D eigenvalue weighted by molar-refractivity contribution is -0.645. The molecule has 0 saturated carbocycles. The Bertz CT molecular complexity index is 622. The second-order valence-electron chi connectivity index (χ2n) is 4.12. The number of thioether (sulfide) groups is 1. The van der Waals surface area contributed by atoms with Gasteiger partial charge in [-0.3, -0.25) is 4.79 Å². The third kappa shape index (κ3) is 3.88. The number of hydrogen-bond donors (Lipinski definition) is 1. The van der Waals surface area contributed by atoms with Crippen LogP contribution >= 0.6 is 23.4 Å². The molecule has 2 aromatic rings. The zero-order valence-corrected chi connectivity index (χ0v) is 12.3. The summed E-state index contributed by atoms with van der Waals surface area (Å²) in [6.07, 6.45) is 1.41. The summed E-state index contributed by atoms with van der Waals surface area (Å²) >= 11 is 7.06. The summed E-state index contributed by atoms with van der Waals surface area (Å²) < 4.78 is 0.744. The van der Waals surface area contributed by atoms with Crippen LogP contribution in [0.5, 0.6) is 0 Å². The Balaban J connectivity index is 2.01. The van der Waals surface area contributed by atoms with E-state index in [0.29, 0.717) is 15.7 Å². The predicted octanol–water partition coefficient (Wildman–Crippen LogP) is 3.09. The number of aromatic nitrogens is 1. The van der Waals surface area contributed by atoms with Gasteiger partial charge in [-0.15, -0.1) is 0 Å². The largest absolute Gasteiger partial charge is 0.618 e. The number of halogens is 1. The van der Waals surface area contributed by atoms with Crippen molar-refractivity contribution in [3.05, 3.63) is 58.9 Å². The Morgan fingerprint density at radius 1 is 1.35 bits per heavy atom. The molecule has 20 heavy (non-hydrogen) atoms. The van der Waals surface area contributed by atoms with Gasteiger partial charge >= 0.3 is 0 Å². The van der Waals surface area contributed by atoms with Crippen LogP contribution < -0.4 is 10.0 Å². The Morgan fingerprint density at radius 2 is 2.15 bits per heavy atom. The van der Waals surface area contributed by atoms with Gasteiger partial charge in [0, 0.05) is 22.8 Å². The molecule has 0 spiro atoms. The molecule has 0 bridgehead atoms. The number of amides is 1. The summed E-state index contributed by atoms with van der Waals surface area (Å²) in [5.74, 6) is -0.180. The SMILES string of the molecule is C[C@@H](Sc1cccc[n+]1[O-])C(=O)Nc1cccc(Cl)c1. The Morgan fingerprint density at radius 3 is 2.85 bits per heavy atom. The van der Waals surface area contributed by atoms with Crippen LogP contribution in [0, 0.1) is 5.21 Å². The highest BCUT2D eigenvalue weighted by molar-refractivity contribution is 8.00. The first-order valence-electron chi connectivity index (χ1n) is 5.97. The van der Waals surface area contributed by atoms with E-state index in [4.69, 9.17) is 11.6 Å². The van der Waals surface area contributed by atoms with Crippen molar-refractivity contribution in [2.24, 2.45) is 0 Å². The molecule has 1 aromatic carbocycles. The number of carbonyl (C=O) groups excluding carboxylic acids is 1. The molecule has 0 aliphatic rings. The van der Waals surface area contributed by atoms with Crippen LogP contribution in [-0.2, 0) is 4.79 Å². The van der Waals surface area contributed by atoms with Gasteiger partial charge in [0.15, 0.2) is 6.20 Å². The predicted molar refractivity (Wildman–Crippen MR) is 80.8 cm³/mol. The van der Waals surface area contributed by atoms with Crippen LogP contribution in [0.25, 0.3) is 0 Å². The van der Waals surface area contributed by atoms with Crippen molar-refractivity contribution in [2.45, 2.75) is 17.2 Å². The number of benzene rings is 1. The minimum absolute atomic E-state index is 0.180. The van der Waals surface area contributed by atoms with Crippen LogP contribution in [0.1, 0.15) is 6.92 Å². The van der Waals surface area contributed by atoms with Gasteiger partial charge in [-0.1, -0.05) is 17.7 Å². The Hall–Kier alpha value is -1.72. The molecule has 1 atom stereocenters. The molecule has 1 N–H and O–H groups in total. The third-order valence-corrected chi connectivity index (χ3v) is 3.91. The first-order valence-corrected chi connectivity index (χ1v) is 7.23. The summed E-state index contributed by atoms with van der Waals surface area (Å²) in [4.78, 5) is 12.1. The van der Waals surface area contributed by atoms with Crippen LogP contribution in [0.2, 0.25) is 5.02 Å². The first kappa shape index (κ1) is 14.7. The lowest BCUT2D eigenvalue weighted by atomic mass is 10.3. The molecule has 0 radical (unpaired) electrons. The van der Waals surface area contributed by atoms with E-state index in [2.05, 4.69) is 5.32 Å². The van der Waals surface area contributed by atoms with Crippen molar-refractivity contribution in [3.8, 4) is 0 Å². The minimum Gasteiger partial charge on any atom is -0.618 e. The third-order valence-electron chi connectivity index (χ3n) is 2.55. The zero-order chi connectivity index (χ0) is 14.5. The van der Waals surface area contributed by atoms with Crippen molar-refractivity contribution in [1.29, 1.82) is 0 Å². The van der Waals surface area contributed by atoms with Gasteiger partial charge in [0.2, 0.25) is 5.91 Å². The van der Waals surface area contributed by atoms with Crippen molar-refractivity contribution in [1.82, 2.24) is 0 Å². The molecule has 0 unspecified atom stereocenters. The van der Waals surface area contributed by atoms with Crippen LogP contribution in [0.3, 0.4) is 0 Å². The second-order valence-corrected chi connectivity index (χ2v) is 5.92. The van der Waals surface area contributed by atoms with E-state index in [-0.39, 0.29) is 5.91 Å². The van der Waals surface area contributed by atoms with Crippen LogP contribution in [0.4, 0.5) is 5.69 Å². The Labute approximate surface area is 126 Å². The molecular weight excluding hydrogens is 296 g/mol. The molecule has 6 heteroatoms. The van der Waals surface area contributed by atoms with Gasteiger partial charge in [0.1, 0.15) is 0 Å². The van der Waals surface area contributed by atoms with Gasteiger partial charge in [0.25, 0.3) is 5.03 Å². The quantitative estimate of drug-likeness (QED) is 0.536. The fraction of sp³-hybridized carbons (Fsp3) is 0.143. The maximum atomic E-state index is 12.1. The highest BCUT2D eigenvalue weighted by Gasteiger charge is 2.18. The van der Waals surface area contributed by atoms with Gasteiger partial charge in [0.05, 0.1) is 5.25 Å². The molecule has 1 heterocycles. The number of nitrogens with zero attached hydrogens (tertiary/aromatic N) is 1. The molecule has 1 amide bonds. The fourth-order valence-electron chi connectivity index (χ4n) is 1.55. The molecule has 4 nitrogen and oxygen atoms in total. The van der Waals surface area contributed by atoms with Gasteiger partial charge in [-0.25, -0.2) is 0 Å². The lowest BCUT2D eigenvalue weighted by Gasteiger charge is -2.11. The van der Waals surface area contributed by atoms with E-state index in [1.165, 1.54) is 18.0 Å². The van der Waals surface area contributed by atoms with Crippen LogP contribution in [0.15, 0.2) is 53.7 Å². The van der Waals surface area contributed by atoms with E-state index >= 15 is 0 Å². The van der Waals surface area contributed by atoms with Crippen molar-refractivity contribution in [3.63, 3.8) is 0 Å². The fourth-order valence-corrected chi connectivity index (χ4v) is 2.59. The van der Waals surface area contributed by atoms with Gasteiger partial charge in [-0.2, -0.15) is 4.73 Å². The van der Waals surface area contributed by atoms with E-state index < -0.39 is 5.25 Å². The van der Waals surface area contributed by atoms with Crippen molar-refractivity contribution < 1.29 is 9.52 Å².